The van der Waals surface area contributed by atoms with Crippen molar-refractivity contribution in [3.8, 4) is 0 Å². The highest BCUT2D eigenvalue weighted by atomic mass is 79.9. The number of amides is 2. The summed E-state index contributed by atoms with van der Waals surface area (Å²) in [5, 5.41) is 2.85. The third kappa shape index (κ3) is 6.82. The largest absolute Gasteiger partial charge is 0.348 e. The third-order valence-electron chi connectivity index (χ3n) is 3.50. The normalized spacial score (nSPS) is 10.7. The van der Waals surface area contributed by atoms with Gasteiger partial charge in [0.15, 0.2) is 0 Å². The summed E-state index contributed by atoms with van der Waals surface area (Å²) in [4.78, 5) is 29.2. The molecule has 1 N–H and O–H groups in total. The maximum absolute atomic E-state index is 12.1. The number of hydrogen-bond acceptors (Lipinski definition) is 4. The highest BCUT2D eigenvalue weighted by Crippen LogP contribution is 2.29. The second-order valence-corrected chi connectivity index (χ2v) is 8.15. The number of nitrogens with zero attached hydrogens (tertiary/aromatic N) is 2. The van der Waals surface area contributed by atoms with Gasteiger partial charge < -0.3 is 10.2 Å². The zero-order chi connectivity index (χ0) is 19.1. The molecule has 0 aromatic heterocycles. The number of nitrogens with one attached hydrogen (secondary N) is 1. The minimum absolute atomic E-state index is 0.0328. The van der Waals surface area contributed by atoms with Crippen molar-refractivity contribution in [3.05, 3.63) is 53.0 Å². The Hall–Kier alpha value is -1.83. The lowest BCUT2D eigenvalue weighted by molar-refractivity contribution is -0.130. The van der Waals surface area contributed by atoms with Crippen LogP contribution in [-0.4, -0.2) is 55.8 Å². The van der Waals surface area contributed by atoms with Crippen molar-refractivity contribution < 1.29 is 9.59 Å². The average Bonchev–Trinajstić information content (AvgIpc) is 2.58. The van der Waals surface area contributed by atoms with Gasteiger partial charge in [0, 0.05) is 34.0 Å². The first-order valence-corrected chi connectivity index (χ1v) is 9.66. The molecule has 2 rings (SSSR count). The predicted molar refractivity (Wildman–Crippen MR) is 110 cm³/mol. The Bertz CT molecular complexity index is 748. The molecule has 0 radical (unpaired) electrons. The van der Waals surface area contributed by atoms with E-state index in [1.54, 1.807) is 37.8 Å². The van der Waals surface area contributed by atoms with Crippen molar-refractivity contribution in [2.75, 3.05) is 39.5 Å². The quantitative estimate of drug-likeness (QED) is 0.722. The summed E-state index contributed by atoms with van der Waals surface area (Å²) in [6.45, 7) is 0.373. The van der Waals surface area contributed by atoms with Gasteiger partial charge in [0.2, 0.25) is 11.8 Å². The zero-order valence-electron chi connectivity index (χ0n) is 15.0. The van der Waals surface area contributed by atoms with Crippen molar-refractivity contribution in [3.63, 3.8) is 0 Å². The number of rotatable bonds is 7. The van der Waals surface area contributed by atoms with Crippen LogP contribution in [0.3, 0.4) is 0 Å². The molecule has 0 aliphatic heterocycles. The maximum atomic E-state index is 12.1. The molecular formula is C19H22BrN3O2S. The second kappa shape index (κ2) is 9.75. The molecule has 0 fully saturated rings. The lowest BCUT2D eigenvalue weighted by atomic mass is 10.3. The first-order valence-electron chi connectivity index (χ1n) is 8.05. The van der Waals surface area contributed by atoms with Crippen LogP contribution >= 0.6 is 27.7 Å². The van der Waals surface area contributed by atoms with E-state index >= 15 is 0 Å². The lowest BCUT2D eigenvalue weighted by Crippen LogP contribution is -2.38. The fourth-order valence-corrected chi connectivity index (χ4v) is 3.20. The van der Waals surface area contributed by atoms with Gasteiger partial charge in [0.05, 0.1) is 13.1 Å². The molecule has 2 aromatic carbocycles. The maximum Gasteiger partial charge on any atom is 0.238 e. The van der Waals surface area contributed by atoms with E-state index < -0.39 is 0 Å². The highest BCUT2D eigenvalue weighted by molar-refractivity contribution is 9.10. The first kappa shape index (κ1) is 20.5. The molecule has 2 aromatic rings. The van der Waals surface area contributed by atoms with Gasteiger partial charge in [-0.3, -0.25) is 14.5 Å². The Balaban J connectivity index is 1.85. The van der Waals surface area contributed by atoms with E-state index in [0.717, 1.165) is 20.0 Å². The van der Waals surface area contributed by atoms with Crippen molar-refractivity contribution in [2.45, 2.75) is 9.79 Å². The van der Waals surface area contributed by atoms with Crippen LogP contribution in [0.5, 0.6) is 0 Å². The fraction of sp³-hybridized carbons (Fsp3) is 0.263. The molecular weight excluding hydrogens is 414 g/mol. The van der Waals surface area contributed by atoms with Gasteiger partial charge >= 0.3 is 0 Å². The van der Waals surface area contributed by atoms with E-state index in [1.807, 2.05) is 36.4 Å². The molecule has 138 valence electrons. The molecule has 0 unspecified atom stereocenters. The first-order chi connectivity index (χ1) is 12.3. The summed E-state index contributed by atoms with van der Waals surface area (Å²) < 4.78 is 1.05. The number of halogens is 1. The Morgan fingerprint density at radius 1 is 0.923 bits per heavy atom. The SMILES string of the molecule is CN(CC(=O)Nc1ccc(Sc2ccc(Br)cc2)cc1)CC(=O)N(C)C. The molecule has 0 atom stereocenters. The molecule has 0 bridgehead atoms. The van der Waals surface area contributed by atoms with E-state index in [1.165, 1.54) is 4.90 Å². The standard InChI is InChI=1S/C19H22BrN3O2S/c1-22(2)19(25)13-23(3)12-18(24)21-15-6-10-17(11-7-15)26-16-8-4-14(20)5-9-16/h4-11H,12-13H2,1-3H3,(H,21,24). The number of likely N-dealkylation sites (N-methyl/N-ethyl adjacent to an activating group) is 2. The van der Waals surface area contributed by atoms with Crippen LogP contribution in [0.2, 0.25) is 0 Å². The van der Waals surface area contributed by atoms with Crippen LogP contribution in [0.1, 0.15) is 0 Å². The summed E-state index contributed by atoms with van der Waals surface area (Å²) in [5.74, 6) is -0.179. The van der Waals surface area contributed by atoms with Crippen molar-refractivity contribution in [2.24, 2.45) is 0 Å². The van der Waals surface area contributed by atoms with Crippen LogP contribution in [0.15, 0.2) is 62.8 Å². The summed E-state index contributed by atoms with van der Waals surface area (Å²) in [6.07, 6.45) is 0. The molecule has 0 saturated carbocycles. The van der Waals surface area contributed by atoms with E-state index in [-0.39, 0.29) is 24.9 Å². The van der Waals surface area contributed by atoms with Crippen LogP contribution in [0, 0.1) is 0 Å². The average molecular weight is 436 g/mol. The van der Waals surface area contributed by atoms with Crippen LogP contribution in [-0.2, 0) is 9.59 Å². The number of carbonyl (C=O) groups is 2. The number of carbonyl (C=O) groups excluding carboxylic acids is 2. The molecule has 5 nitrogen and oxygen atoms in total. The topological polar surface area (TPSA) is 52.7 Å². The van der Waals surface area contributed by atoms with E-state index in [4.69, 9.17) is 0 Å². The highest BCUT2D eigenvalue weighted by Gasteiger charge is 2.12. The molecule has 0 aliphatic rings. The summed E-state index contributed by atoms with van der Waals surface area (Å²) in [6, 6.07) is 15.8. The predicted octanol–water partition coefficient (Wildman–Crippen LogP) is 3.56. The third-order valence-corrected chi connectivity index (χ3v) is 5.05. The Morgan fingerprint density at radius 2 is 1.46 bits per heavy atom. The van der Waals surface area contributed by atoms with Gasteiger partial charge in [-0.1, -0.05) is 27.7 Å². The minimum Gasteiger partial charge on any atom is -0.348 e. The molecule has 7 heteroatoms. The van der Waals surface area contributed by atoms with Crippen molar-refractivity contribution in [1.82, 2.24) is 9.80 Å². The summed E-state index contributed by atoms with van der Waals surface area (Å²) in [7, 11) is 5.15. The lowest BCUT2D eigenvalue weighted by Gasteiger charge is -2.18. The van der Waals surface area contributed by atoms with Gasteiger partial charge in [-0.15, -0.1) is 0 Å². The van der Waals surface area contributed by atoms with E-state index in [9.17, 15) is 9.59 Å². The van der Waals surface area contributed by atoms with Gasteiger partial charge in [-0.25, -0.2) is 0 Å². The van der Waals surface area contributed by atoms with Crippen molar-refractivity contribution in [1.29, 1.82) is 0 Å². The molecule has 26 heavy (non-hydrogen) atoms. The summed E-state index contributed by atoms with van der Waals surface area (Å²) >= 11 is 5.09. The minimum atomic E-state index is -0.146. The number of benzene rings is 2. The Labute approximate surface area is 166 Å². The van der Waals surface area contributed by atoms with Crippen LogP contribution < -0.4 is 5.32 Å². The van der Waals surface area contributed by atoms with Crippen molar-refractivity contribution >= 4 is 45.2 Å². The molecule has 0 spiro atoms. The van der Waals surface area contributed by atoms with Gasteiger partial charge in [0.25, 0.3) is 0 Å². The zero-order valence-corrected chi connectivity index (χ0v) is 17.4. The molecule has 2 amide bonds. The van der Waals surface area contributed by atoms with Crippen LogP contribution in [0.4, 0.5) is 5.69 Å². The van der Waals surface area contributed by atoms with Gasteiger partial charge in [-0.05, 0) is 55.6 Å². The van der Waals surface area contributed by atoms with Crippen LogP contribution in [0.25, 0.3) is 0 Å². The number of hydrogen-bond donors (Lipinski definition) is 1. The molecule has 0 aliphatic carbocycles. The second-order valence-electron chi connectivity index (χ2n) is 6.09. The fourth-order valence-electron chi connectivity index (χ4n) is 2.12. The van der Waals surface area contributed by atoms with Gasteiger partial charge in [0.1, 0.15) is 0 Å². The molecule has 0 saturated heterocycles. The van der Waals surface area contributed by atoms with Gasteiger partial charge in [-0.2, -0.15) is 0 Å². The Morgan fingerprint density at radius 3 is 2.00 bits per heavy atom. The Kier molecular flexibility index (Phi) is 7.68. The summed E-state index contributed by atoms with van der Waals surface area (Å²) in [5.41, 5.74) is 0.738. The monoisotopic (exact) mass is 435 g/mol. The number of anilines is 1. The smallest absolute Gasteiger partial charge is 0.238 e. The van der Waals surface area contributed by atoms with E-state index in [2.05, 4.69) is 33.4 Å². The molecule has 0 heterocycles. The van der Waals surface area contributed by atoms with E-state index in [0.29, 0.717) is 0 Å².